The van der Waals surface area contributed by atoms with Gasteiger partial charge < -0.3 is 0 Å². The minimum absolute atomic E-state index is 0.412. The molecule has 0 nitrogen and oxygen atoms in total. The van der Waals surface area contributed by atoms with E-state index in [1.807, 2.05) is 0 Å². The highest BCUT2D eigenvalue weighted by Gasteiger charge is 2.30. The van der Waals surface area contributed by atoms with Gasteiger partial charge >= 0.3 is 0 Å². The van der Waals surface area contributed by atoms with Gasteiger partial charge in [-0.05, 0) is 122 Å². The zero-order chi connectivity index (χ0) is 29.3. The van der Waals surface area contributed by atoms with Crippen molar-refractivity contribution in [3.05, 3.63) is 149 Å². The second-order valence-electron chi connectivity index (χ2n) is 12.7. The summed E-state index contributed by atoms with van der Waals surface area (Å²) in [6.07, 6.45) is 23.2. The van der Waals surface area contributed by atoms with E-state index < -0.39 is 0 Å². The fraction of sp³-hybridized carbons (Fsp3) is 0.333. The van der Waals surface area contributed by atoms with Crippen LogP contribution in [0.3, 0.4) is 0 Å². The molecule has 0 heterocycles. The molecule has 2 atom stereocenters. The standard InChI is InChI=1S/C42H46/c1-5-33-15-17-35(18-16-33)29-36-19-22-39(23-20-36)42(32(4)12-14-34-9-7-6-8-10-34)40-27-25-38(26-28-40)41-24-21-37(30-41)13-11-31(2)3/h1,6-10,15-18,21,24-28,30,36-37,39,42H,2,4,11-14,19-20,22-23,29H2,3H3. The maximum absolute atomic E-state index is 5.55. The quantitative estimate of drug-likeness (QED) is 0.155. The number of benzene rings is 3. The van der Waals surface area contributed by atoms with Gasteiger partial charge in [0.25, 0.3) is 0 Å². The van der Waals surface area contributed by atoms with E-state index in [4.69, 9.17) is 13.0 Å². The summed E-state index contributed by atoms with van der Waals surface area (Å²) in [7, 11) is 0. The van der Waals surface area contributed by atoms with Crippen molar-refractivity contribution in [3.8, 4) is 12.3 Å². The van der Waals surface area contributed by atoms with Crippen LogP contribution in [0, 0.1) is 30.1 Å². The van der Waals surface area contributed by atoms with E-state index in [0.29, 0.717) is 17.8 Å². The first-order chi connectivity index (χ1) is 20.5. The summed E-state index contributed by atoms with van der Waals surface area (Å²) >= 11 is 0. The second-order valence-corrected chi connectivity index (χ2v) is 12.7. The molecule has 0 amide bonds. The van der Waals surface area contributed by atoms with Crippen LogP contribution in [0.25, 0.3) is 5.57 Å². The van der Waals surface area contributed by atoms with Crippen LogP contribution in [0.4, 0.5) is 0 Å². The van der Waals surface area contributed by atoms with Crippen LogP contribution < -0.4 is 0 Å². The molecule has 1 saturated carbocycles. The van der Waals surface area contributed by atoms with Gasteiger partial charge in [-0.1, -0.05) is 109 Å². The highest BCUT2D eigenvalue weighted by molar-refractivity contribution is 5.77. The summed E-state index contributed by atoms with van der Waals surface area (Å²) in [4.78, 5) is 0. The third-order valence-corrected chi connectivity index (χ3v) is 9.45. The normalized spacial score (nSPS) is 20.5. The Kier molecular flexibility index (Phi) is 10.2. The summed E-state index contributed by atoms with van der Waals surface area (Å²) in [5.74, 6) is 5.06. The molecule has 2 aliphatic rings. The molecule has 2 aliphatic carbocycles. The summed E-state index contributed by atoms with van der Waals surface area (Å²) < 4.78 is 0. The molecule has 0 radical (unpaired) electrons. The predicted octanol–water partition coefficient (Wildman–Crippen LogP) is 10.9. The van der Waals surface area contributed by atoms with Crippen molar-refractivity contribution >= 4 is 5.57 Å². The lowest BCUT2D eigenvalue weighted by molar-refractivity contribution is 0.252. The fourth-order valence-electron chi connectivity index (χ4n) is 6.98. The van der Waals surface area contributed by atoms with Crippen LogP contribution in [0.2, 0.25) is 0 Å². The Labute approximate surface area is 255 Å². The Bertz CT molecular complexity index is 1430. The van der Waals surface area contributed by atoms with E-state index in [9.17, 15) is 0 Å². The average Bonchev–Trinajstić information content (AvgIpc) is 3.50. The van der Waals surface area contributed by atoms with Gasteiger partial charge in [0.1, 0.15) is 0 Å². The molecule has 3 aromatic rings. The number of allylic oxidation sites excluding steroid dienone is 6. The van der Waals surface area contributed by atoms with Crippen LogP contribution in [0.5, 0.6) is 0 Å². The van der Waals surface area contributed by atoms with Gasteiger partial charge in [0.15, 0.2) is 0 Å². The molecule has 0 spiro atoms. The predicted molar refractivity (Wildman–Crippen MR) is 181 cm³/mol. The number of terminal acetylenes is 1. The topological polar surface area (TPSA) is 0 Å². The molecule has 0 aliphatic heterocycles. The minimum atomic E-state index is 0.412. The minimum Gasteiger partial charge on any atom is -0.115 e. The first-order valence-corrected chi connectivity index (χ1v) is 15.9. The van der Waals surface area contributed by atoms with Crippen LogP contribution in [0.1, 0.15) is 85.6 Å². The van der Waals surface area contributed by atoms with Gasteiger partial charge in [-0.25, -0.2) is 0 Å². The molecule has 2 unspecified atom stereocenters. The van der Waals surface area contributed by atoms with Gasteiger partial charge in [0.05, 0.1) is 0 Å². The van der Waals surface area contributed by atoms with E-state index in [2.05, 4.69) is 117 Å². The van der Waals surface area contributed by atoms with Crippen LogP contribution >= 0.6 is 0 Å². The lowest BCUT2D eigenvalue weighted by atomic mass is 9.69. The second kappa shape index (κ2) is 14.4. The Morgan fingerprint density at radius 1 is 0.857 bits per heavy atom. The first kappa shape index (κ1) is 29.7. The van der Waals surface area contributed by atoms with Gasteiger partial charge in [-0.2, -0.15) is 0 Å². The molecule has 214 valence electrons. The number of hydrogen-bond acceptors (Lipinski definition) is 0. The maximum atomic E-state index is 5.55. The molecular formula is C42H46. The third-order valence-electron chi connectivity index (χ3n) is 9.45. The summed E-state index contributed by atoms with van der Waals surface area (Å²) in [5, 5.41) is 0. The molecule has 3 aromatic carbocycles. The SMILES string of the molecule is C#Cc1ccc(CC2CCC(C(C(=C)CCc3ccccc3)c3ccc(C4=CC(CCC(=C)C)C=C4)cc3)CC2)cc1. The molecule has 5 rings (SSSR count). The largest absolute Gasteiger partial charge is 0.115 e. The van der Waals surface area contributed by atoms with Crippen LogP contribution in [0.15, 0.2) is 121 Å². The van der Waals surface area contributed by atoms with Crippen molar-refractivity contribution in [3.63, 3.8) is 0 Å². The highest BCUT2D eigenvalue weighted by atomic mass is 14.3. The van der Waals surface area contributed by atoms with Crippen molar-refractivity contribution in [1.29, 1.82) is 0 Å². The van der Waals surface area contributed by atoms with E-state index in [1.165, 1.54) is 64.7 Å². The molecule has 0 aromatic heterocycles. The van der Waals surface area contributed by atoms with Crippen LogP contribution in [-0.2, 0) is 12.8 Å². The smallest absolute Gasteiger partial charge is 0.0242 e. The first-order valence-electron chi connectivity index (χ1n) is 15.9. The van der Waals surface area contributed by atoms with Gasteiger partial charge in [-0.15, -0.1) is 13.0 Å². The Balaban J connectivity index is 1.27. The molecule has 42 heavy (non-hydrogen) atoms. The maximum Gasteiger partial charge on any atom is 0.0242 e. The molecular weight excluding hydrogens is 504 g/mol. The van der Waals surface area contributed by atoms with Crippen molar-refractivity contribution < 1.29 is 0 Å². The zero-order valence-corrected chi connectivity index (χ0v) is 25.4. The van der Waals surface area contributed by atoms with E-state index >= 15 is 0 Å². The third kappa shape index (κ3) is 7.92. The number of hydrogen-bond donors (Lipinski definition) is 0. The Morgan fingerprint density at radius 3 is 2.24 bits per heavy atom. The zero-order valence-electron chi connectivity index (χ0n) is 25.4. The lowest BCUT2D eigenvalue weighted by Gasteiger charge is -2.35. The van der Waals surface area contributed by atoms with Crippen molar-refractivity contribution in [2.75, 3.05) is 0 Å². The van der Waals surface area contributed by atoms with Crippen molar-refractivity contribution in [1.82, 2.24) is 0 Å². The molecule has 0 bridgehead atoms. The highest BCUT2D eigenvalue weighted by Crippen LogP contribution is 2.44. The summed E-state index contributed by atoms with van der Waals surface area (Å²) in [5.41, 5.74) is 10.5. The summed E-state index contributed by atoms with van der Waals surface area (Å²) in [6.45, 7) is 10.9. The van der Waals surface area contributed by atoms with E-state index in [1.54, 1.807) is 0 Å². The molecule has 0 N–H and O–H groups in total. The fourth-order valence-corrected chi connectivity index (χ4v) is 6.98. The number of rotatable bonds is 12. The van der Waals surface area contributed by atoms with Crippen LogP contribution in [-0.4, -0.2) is 0 Å². The molecule has 0 heteroatoms. The van der Waals surface area contributed by atoms with Gasteiger partial charge in [-0.3, -0.25) is 0 Å². The summed E-state index contributed by atoms with van der Waals surface area (Å²) in [6, 6.07) is 28.9. The number of aryl methyl sites for hydroxylation is 1. The van der Waals surface area contributed by atoms with E-state index in [-0.39, 0.29) is 0 Å². The van der Waals surface area contributed by atoms with Gasteiger partial charge in [0, 0.05) is 11.5 Å². The molecule has 0 saturated heterocycles. The monoisotopic (exact) mass is 550 g/mol. The van der Waals surface area contributed by atoms with Crippen molar-refractivity contribution in [2.45, 2.75) is 70.6 Å². The van der Waals surface area contributed by atoms with Crippen molar-refractivity contribution in [2.24, 2.45) is 17.8 Å². The van der Waals surface area contributed by atoms with Gasteiger partial charge in [0.2, 0.25) is 0 Å². The Morgan fingerprint density at radius 2 is 1.57 bits per heavy atom. The lowest BCUT2D eigenvalue weighted by Crippen LogP contribution is -2.23. The average molecular weight is 551 g/mol. The molecule has 1 fully saturated rings. The van der Waals surface area contributed by atoms with E-state index in [0.717, 1.165) is 43.6 Å². The Hall–Kier alpha value is -3.82.